The molecule has 1 aliphatic rings. The van der Waals surface area contributed by atoms with Crippen LogP contribution in [0.2, 0.25) is 0 Å². The maximum Gasteiger partial charge on any atom is 0.0885 e. The highest BCUT2D eigenvalue weighted by Crippen LogP contribution is 2.11. The molecule has 0 saturated carbocycles. The van der Waals surface area contributed by atoms with Gasteiger partial charge in [-0.3, -0.25) is 5.01 Å². The van der Waals surface area contributed by atoms with E-state index in [-0.39, 0.29) is 6.04 Å². The van der Waals surface area contributed by atoms with Gasteiger partial charge in [0.15, 0.2) is 0 Å². The highest BCUT2D eigenvalue weighted by molar-refractivity contribution is 4.81. The molecule has 70 valence electrons. The van der Waals surface area contributed by atoms with Crippen molar-refractivity contribution in [2.45, 2.75) is 19.1 Å². The molecule has 0 aromatic rings. The predicted molar refractivity (Wildman–Crippen MR) is 45.5 cm³/mol. The Labute approximate surface area is 71.9 Å². The van der Waals surface area contributed by atoms with E-state index in [1.165, 1.54) is 5.01 Å². The first kappa shape index (κ1) is 9.41. The van der Waals surface area contributed by atoms with Gasteiger partial charge in [-0.25, -0.2) is 0 Å². The first-order chi connectivity index (χ1) is 5.65. The second-order valence-electron chi connectivity index (χ2n) is 3.31. The van der Waals surface area contributed by atoms with Gasteiger partial charge in [-0.2, -0.15) is 0 Å². The van der Waals surface area contributed by atoms with Gasteiger partial charge in [0, 0.05) is 13.1 Å². The molecule has 0 spiro atoms. The molecule has 0 aliphatic carbocycles. The molecule has 0 unspecified atom stereocenters. The van der Waals surface area contributed by atoms with Crippen molar-refractivity contribution in [1.82, 2.24) is 9.91 Å². The van der Waals surface area contributed by atoms with Crippen LogP contribution in [0.3, 0.4) is 0 Å². The van der Waals surface area contributed by atoms with Gasteiger partial charge >= 0.3 is 0 Å². The Kier molecular flexibility index (Phi) is 2.99. The highest BCUT2D eigenvalue weighted by Gasteiger charge is 2.28. The summed E-state index contributed by atoms with van der Waals surface area (Å²) in [7, 11) is 1.97. The molecule has 0 amide bonds. The molecule has 0 aromatic heterocycles. The smallest absolute Gasteiger partial charge is 0.0885 e. The summed E-state index contributed by atoms with van der Waals surface area (Å²) in [5, 5.41) is 13.6. The van der Waals surface area contributed by atoms with Crippen molar-refractivity contribution in [1.29, 1.82) is 0 Å². The van der Waals surface area contributed by atoms with Crippen LogP contribution in [0.15, 0.2) is 5.29 Å². The largest absolute Gasteiger partial charge is 0.391 e. The van der Waals surface area contributed by atoms with Crippen molar-refractivity contribution in [3.8, 4) is 0 Å². The molecule has 1 N–H and O–H groups in total. The molecular formula is C7H15N3O2. The molecule has 5 heteroatoms. The lowest BCUT2D eigenvalue weighted by Gasteiger charge is -2.37. The van der Waals surface area contributed by atoms with Crippen molar-refractivity contribution in [2.75, 3.05) is 26.7 Å². The van der Waals surface area contributed by atoms with Gasteiger partial charge < -0.3 is 10.0 Å². The molecule has 1 heterocycles. The second kappa shape index (κ2) is 3.82. The lowest BCUT2D eigenvalue weighted by Crippen LogP contribution is -2.53. The van der Waals surface area contributed by atoms with E-state index in [0.717, 1.165) is 6.54 Å². The number of hydrogen-bond donors (Lipinski definition) is 1. The van der Waals surface area contributed by atoms with E-state index < -0.39 is 6.10 Å². The quantitative estimate of drug-likeness (QED) is 0.581. The first-order valence-electron chi connectivity index (χ1n) is 4.11. The molecule has 1 saturated heterocycles. The minimum Gasteiger partial charge on any atom is -0.391 e. The van der Waals surface area contributed by atoms with Gasteiger partial charge in [-0.1, -0.05) is 0 Å². The second-order valence-corrected chi connectivity index (χ2v) is 3.31. The van der Waals surface area contributed by atoms with E-state index >= 15 is 0 Å². The molecule has 1 aliphatic heterocycles. The van der Waals surface area contributed by atoms with E-state index in [2.05, 4.69) is 10.2 Å². The molecule has 12 heavy (non-hydrogen) atoms. The summed E-state index contributed by atoms with van der Waals surface area (Å²) >= 11 is 0. The Morgan fingerprint density at radius 2 is 2.25 bits per heavy atom. The van der Waals surface area contributed by atoms with E-state index in [4.69, 9.17) is 0 Å². The summed E-state index contributed by atoms with van der Waals surface area (Å²) in [5.74, 6) is 0. The van der Waals surface area contributed by atoms with Crippen LogP contribution in [-0.4, -0.2) is 53.8 Å². The monoisotopic (exact) mass is 173 g/mol. The summed E-state index contributed by atoms with van der Waals surface area (Å²) in [6, 6.07) is -0.152. The number of hydrogen-bond acceptors (Lipinski definition) is 4. The van der Waals surface area contributed by atoms with Gasteiger partial charge in [0.1, 0.15) is 0 Å². The maximum atomic E-state index is 10.3. The number of likely N-dealkylation sites (N-methyl/N-ethyl adjacent to an activating group) is 1. The maximum absolute atomic E-state index is 10.3. The van der Waals surface area contributed by atoms with E-state index in [0.29, 0.717) is 13.1 Å². The third-order valence-electron chi connectivity index (χ3n) is 2.25. The van der Waals surface area contributed by atoms with E-state index in [1.54, 1.807) is 6.92 Å². The van der Waals surface area contributed by atoms with Gasteiger partial charge in [-0.05, 0) is 14.0 Å². The van der Waals surface area contributed by atoms with Crippen LogP contribution in [0.5, 0.6) is 0 Å². The Bertz CT molecular complexity index is 163. The molecule has 1 fully saturated rings. The molecule has 2 atom stereocenters. The van der Waals surface area contributed by atoms with Crippen molar-refractivity contribution in [3.63, 3.8) is 0 Å². The first-order valence-corrected chi connectivity index (χ1v) is 4.11. The zero-order chi connectivity index (χ0) is 9.14. The molecular weight excluding hydrogens is 158 g/mol. The fourth-order valence-corrected chi connectivity index (χ4v) is 1.45. The Hall–Kier alpha value is -0.680. The summed E-state index contributed by atoms with van der Waals surface area (Å²) in [6.07, 6.45) is -0.509. The standard InChI is InChI=1S/C7H15N3O2/c1-6(11)7-5-9(2)3-4-10(7)8-12/h6-7,11H,3-5H2,1-2H3/t6-,7+/m1/s1. The van der Waals surface area contributed by atoms with Crippen LogP contribution in [0.25, 0.3) is 0 Å². The van der Waals surface area contributed by atoms with Crippen molar-refractivity contribution in [3.05, 3.63) is 4.91 Å². The van der Waals surface area contributed by atoms with Gasteiger partial charge in [-0.15, -0.1) is 4.91 Å². The molecule has 1 rings (SSSR count). The predicted octanol–water partition coefficient (Wildman–Crippen LogP) is -0.335. The fraction of sp³-hybridized carbons (Fsp3) is 1.00. The summed E-state index contributed by atoms with van der Waals surface area (Å²) in [5.41, 5.74) is 0. The van der Waals surface area contributed by atoms with E-state index in [9.17, 15) is 10.0 Å². The third-order valence-corrected chi connectivity index (χ3v) is 2.25. The zero-order valence-electron chi connectivity index (χ0n) is 7.47. The van der Waals surface area contributed by atoms with Crippen LogP contribution in [0.4, 0.5) is 0 Å². The Morgan fingerprint density at radius 1 is 1.58 bits per heavy atom. The molecule has 0 aromatic carbocycles. The van der Waals surface area contributed by atoms with E-state index in [1.807, 2.05) is 7.05 Å². The number of nitroso groups, excluding NO2 is 1. The lowest BCUT2D eigenvalue weighted by atomic mass is 10.1. The average Bonchev–Trinajstić information content (AvgIpc) is 2.04. The lowest BCUT2D eigenvalue weighted by molar-refractivity contribution is 0.00956. The Balaban J connectivity index is 2.57. The number of rotatable bonds is 2. The van der Waals surface area contributed by atoms with Crippen LogP contribution in [-0.2, 0) is 0 Å². The highest BCUT2D eigenvalue weighted by atomic mass is 16.3. The molecule has 0 bridgehead atoms. The van der Waals surface area contributed by atoms with Gasteiger partial charge in [0.2, 0.25) is 0 Å². The topological polar surface area (TPSA) is 56.1 Å². The van der Waals surface area contributed by atoms with Crippen LogP contribution >= 0.6 is 0 Å². The van der Waals surface area contributed by atoms with Crippen LogP contribution < -0.4 is 0 Å². The molecule has 5 nitrogen and oxygen atoms in total. The SMILES string of the molecule is C[C@@H](O)[C@@H]1CN(C)CCN1N=O. The zero-order valence-corrected chi connectivity index (χ0v) is 7.47. The fourth-order valence-electron chi connectivity index (χ4n) is 1.45. The summed E-state index contributed by atoms with van der Waals surface area (Å²) in [4.78, 5) is 12.4. The summed E-state index contributed by atoms with van der Waals surface area (Å²) in [6.45, 7) is 3.82. The Morgan fingerprint density at radius 3 is 2.75 bits per heavy atom. The minimum atomic E-state index is -0.509. The van der Waals surface area contributed by atoms with Gasteiger partial charge in [0.05, 0.1) is 24.0 Å². The van der Waals surface area contributed by atoms with Crippen LogP contribution in [0.1, 0.15) is 6.92 Å². The molecule has 0 radical (unpaired) electrons. The number of piperazine rings is 1. The minimum absolute atomic E-state index is 0.152. The average molecular weight is 173 g/mol. The normalized spacial score (nSPS) is 28.6. The van der Waals surface area contributed by atoms with Crippen molar-refractivity contribution < 1.29 is 5.11 Å². The number of aliphatic hydroxyl groups excluding tert-OH is 1. The van der Waals surface area contributed by atoms with Crippen LogP contribution in [0, 0.1) is 4.91 Å². The van der Waals surface area contributed by atoms with Crippen molar-refractivity contribution >= 4 is 0 Å². The number of nitrogens with zero attached hydrogens (tertiary/aromatic N) is 3. The number of aliphatic hydroxyl groups is 1. The van der Waals surface area contributed by atoms with Gasteiger partial charge in [0.25, 0.3) is 0 Å². The summed E-state index contributed by atoms with van der Waals surface area (Å²) < 4.78 is 0. The third kappa shape index (κ3) is 1.92. The van der Waals surface area contributed by atoms with Crippen molar-refractivity contribution in [2.24, 2.45) is 5.29 Å².